The van der Waals surface area contributed by atoms with E-state index in [1.165, 1.54) is 99.2 Å². The van der Waals surface area contributed by atoms with Gasteiger partial charge in [-0.2, -0.15) is 0 Å². The van der Waals surface area contributed by atoms with Gasteiger partial charge in [-0.3, -0.25) is 0 Å². The molecule has 0 atom stereocenters. The second-order valence-electron chi connectivity index (χ2n) is 12.9. The molecule has 45 heavy (non-hydrogen) atoms. The largest absolute Gasteiger partial charge is 0.341 e. The number of nitrogens with zero attached hydrogens (tertiary/aromatic N) is 2. The molecule has 2 aromatic heterocycles. The highest BCUT2D eigenvalue weighted by Crippen LogP contribution is 2.48. The van der Waals surface area contributed by atoms with Crippen molar-refractivity contribution in [1.29, 1.82) is 0 Å². The second kappa shape index (κ2) is 9.22. The molecule has 0 aliphatic heterocycles. The zero-order valence-corrected chi connectivity index (χ0v) is 25.8. The van der Waals surface area contributed by atoms with Crippen LogP contribution in [0.15, 0.2) is 109 Å². The SMILES string of the molecule is CCn1c2cccc(Cc3cccc4c5c6c(ccc5n(CC)c34)Cc3ccccc3-6)c2c2c3c(ccc21)Cc1ccccc1-3. The fourth-order valence-electron chi connectivity index (χ4n) is 9.03. The number of aryl methyl sites for hydroxylation is 2. The van der Waals surface area contributed by atoms with Crippen molar-refractivity contribution in [3.05, 3.63) is 143 Å². The van der Waals surface area contributed by atoms with E-state index in [0.717, 1.165) is 32.4 Å². The third kappa shape index (κ3) is 3.29. The van der Waals surface area contributed by atoms with Gasteiger partial charge < -0.3 is 9.13 Å². The van der Waals surface area contributed by atoms with Gasteiger partial charge in [0.15, 0.2) is 0 Å². The van der Waals surface area contributed by atoms with Gasteiger partial charge in [0.05, 0.1) is 5.52 Å². The average Bonchev–Trinajstić information content (AvgIpc) is 3.81. The Bertz CT molecular complexity index is 2540. The lowest BCUT2D eigenvalue weighted by atomic mass is 9.93. The van der Waals surface area contributed by atoms with Crippen LogP contribution in [0.4, 0.5) is 0 Å². The van der Waals surface area contributed by atoms with Gasteiger partial charge >= 0.3 is 0 Å². The van der Waals surface area contributed by atoms with Gasteiger partial charge in [0.1, 0.15) is 0 Å². The molecule has 8 aromatic rings. The van der Waals surface area contributed by atoms with Crippen LogP contribution >= 0.6 is 0 Å². The van der Waals surface area contributed by atoms with Gasteiger partial charge in [-0.25, -0.2) is 0 Å². The molecule has 2 aliphatic carbocycles. The predicted octanol–water partition coefficient (Wildman–Crippen LogP) is 10.7. The zero-order chi connectivity index (χ0) is 29.8. The molecule has 0 radical (unpaired) electrons. The van der Waals surface area contributed by atoms with Crippen molar-refractivity contribution in [2.45, 2.75) is 46.2 Å². The molecule has 0 unspecified atom stereocenters. The summed E-state index contributed by atoms with van der Waals surface area (Å²) in [5.74, 6) is 0. The predicted molar refractivity (Wildman–Crippen MR) is 190 cm³/mol. The van der Waals surface area contributed by atoms with Gasteiger partial charge in [-0.15, -0.1) is 0 Å². The Morgan fingerprint density at radius 1 is 0.467 bits per heavy atom. The molecule has 2 nitrogen and oxygen atoms in total. The number of fused-ring (bicyclic) bond motifs is 14. The van der Waals surface area contributed by atoms with Gasteiger partial charge in [0.2, 0.25) is 0 Å². The van der Waals surface area contributed by atoms with Crippen molar-refractivity contribution >= 4 is 43.6 Å². The van der Waals surface area contributed by atoms with E-state index >= 15 is 0 Å². The van der Waals surface area contributed by atoms with Crippen molar-refractivity contribution < 1.29 is 0 Å². The van der Waals surface area contributed by atoms with Gasteiger partial charge in [0, 0.05) is 57.6 Å². The number of hydrogen-bond donors (Lipinski definition) is 0. The van der Waals surface area contributed by atoms with E-state index in [2.05, 4.69) is 132 Å². The zero-order valence-electron chi connectivity index (χ0n) is 25.8. The maximum atomic E-state index is 2.57. The standard InChI is InChI=1S/C43H34N2/c1-3-44-35-18-10-13-28(40(35)42-37(44)22-20-30-24-27-12-6-8-16-33(27)39(30)42)25-31-14-9-17-34-41-36(45(4-2)43(31)34)21-19-29-23-26-11-5-7-15-32(26)38(29)41/h5-22H,3-4,23-25H2,1-2H3. The average molecular weight is 579 g/mol. The lowest BCUT2D eigenvalue weighted by Gasteiger charge is -2.11. The Balaban J connectivity index is 1.25. The molecule has 0 fully saturated rings. The van der Waals surface area contributed by atoms with E-state index in [9.17, 15) is 0 Å². The second-order valence-corrected chi connectivity index (χ2v) is 12.9. The van der Waals surface area contributed by atoms with Crippen LogP contribution in [0.5, 0.6) is 0 Å². The fourth-order valence-corrected chi connectivity index (χ4v) is 9.03. The number of benzene rings is 6. The summed E-state index contributed by atoms with van der Waals surface area (Å²) in [5, 5.41) is 5.67. The normalized spacial score (nSPS) is 13.2. The molecule has 0 amide bonds. The Morgan fingerprint density at radius 2 is 1.04 bits per heavy atom. The van der Waals surface area contributed by atoms with Crippen LogP contribution in [-0.2, 0) is 32.4 Å². The minimum absolute atomic E-state index is 0.901. The smallest absolute Gasteiger partial charge is 0.0527 e. The van der Waals surface area contributed by atoms with E-state index in [-0.39, 0.29) is 0 Å². The summed E-state index contributed by atoms with van der Waals surface area (Å²) < 4.78 is 5.10. The van der Waals surface area contributed by atoms with Crippen LogP contribution in [0.2, 0.25) is 0 Å². The first kappa shape index (κ1) is 25.3. The summed E-state index contributed by atoms with van der Waals surface area (Å²) in [4.78, 5) is 0. The van der Waals surface area contributed by atoms with Crippen LogP contribution in [-0.4, -0.2) is 9.13 Å². The van der Waals surface area contributed by atoms with E-state index < -0.39 is 0 Å². The first-order chi connectivity index (χ1) is 22.2. The Hall–Kier alpha value is -5.08. The van der Waals surface area contributed by atoms with Crippen molar-refractivity contribution in [1.82, 2.24) is 9.13 Å². The number of rotatable bonds is 4. The van der Waals surface area contributed by atoms with Crippen molar-refractivity contribution in [3.8, 4) is 22.3 Å². The molecular formula is C43H34N2. The summed E-state index contributed by atoms with van der Waals surface area (Å²) in [6.45, 7) is 6.48. The van der Waals surface area contributed by atoms with Crippen LogP contribution in [0.25, 0.3) is 65.9 Å². The van der Waals surface area contributed by atoms with Crippen molar-refractivity contribution in [3.63, 3.8) is 0 Å². The number of para-hydroxylation sites is 1. The quantitative estimate of drug-likeness (QED) is 0.197. The molecule has 2 heterocycles. The minimum Gasteiger partial charge on any atom is -0.341 e. The highest BCUT2D eigenvalue weighted by molar-refractivity contribution is 6.19. The highest BCUT2D eigenvalue weighted by atomic mass is 15.0. The van der Waals surface area contributed by atoms with E-state index in [0.29, 0.717) is 0 Å². The molecule has 0 saturated carbocycles. The molecular weight excluding hydrogens is 544 g/mol. The Kier molecular flexibility index (Phi) is 5.18. The Morgan fingerprint density at radius 3 is 1.73 bits per heavy atom. The van der Waals surface area contributed by atoms with Gasteiger partial charge in [-0.1, -0.05) is 91.0 Å². The summed E-state index contributed by atoms with van der Waals surface area (Å²) in [7, 11) is 0. The molecule has 216 valence electrons. The number of aromatic nitrogens is 2. The van der Waals surface area contributed by atoms with E-state index in [1.54, 1.807) is 0 Å². The Labute approximate surface area is 263 Å². The maximum absolute atomic E-state index is 2.57. The molecule has 0 saturated heterocycles. The lowest BCUT2D eigenvalue weighted by Crippen LogP contribution is -1.99. The monoisotopic (exact) mass is 578 g/mol. The third-order valence-corrected chi connectivity index (χ3v) is 10.8. The first-order valence-corrected chi connectivity index (χ1v) is 16.5. The van der Waals surface area contributed by atoms with Crippen molar-refractivity contribution in [2.75, 3.05) is 0 Å². The topological polar surface area (TPSA) is 9.86 Å². The summed E-state index contributed by atoms with van der Waals surface area (Å²) >= 11 is 0. The minimum atomic E-state index is 0.901. The van der Waals surface area contributed by atoms with Crippen molar-refractivity contribution in [2.24, 2.45) is 0 Å². The van der Waals surface area contributed by atoms with Gasteiger partial charge in [0.25, 0.3) is 0 Å². The van der Waals surface area contributed by atoms with Crippen LogP contribution in [0.3, 0.4) is 0 Å². The van der Waals surface area contributed by atoms with Crippen LogP contribution in [0.1, 0.15) is 47.2 Å². The molecule has 0 bridgehead atoms. The first-order valence-electron chi connectivity index (χ1n) is 16.5. The molecule has 2 heteroatoms. The summed E-state index contributed by atoms with van der Waals surface area (Å²) in [6, 6.07) is 41.5. The fraction of sp³-hybridized carbons (Fsp3) is 0.163. The molecule has 2 aliphatic rings. The molecule has 0 N–H and O–H groups in total. The highest BCUT2D eigenvalue weighted by Gasteiger charge is 2.27. The van der Waals surface area contributed by atoms with Crippen LogP contribution < -0.4 is 0 Å². The van der Waals surface area contributed by atoms with Gasteiger partial charge in [-0.05, 0) is 101 Å². The van der Waals surface area contributed by atoms with E-state index in [4.69, 9.17) is 0 Å². The molecule has 0 spiro atoms. The molecule has 6 aromatic carbocycles. The summed E-state index contributed by atoms with van der Waals surface area (Å²) in [5.41, 5.74) is 19.8. The number of hydrogen-bond acceptors (Lipinski definition) is 0. The van der Waals surface area contributed by atoms with E-state index in [1.807, 2.05) is 0 Å². The lowest BCUT2D eigenvalue weighted by molar-refractivity contribution is 0.822. The third-order valence-electron chi connectivity index (χ3n) is 10.8. The van der Waals surface area contributed by atoms with Crippen LogP contribution in [0, 0.1) is 0 Å². The summed E-state index contributed by atoms with van der Waals surface area (Å²) in [6.07, 6.45) is 2.95. The molecule has 10 rings (SSSR count). The maximum Gasteiger partial charge on any atom is 0.0527 e.